The smallest absolute Gasteiger partial charge is 0.329 e. The molecule has 0 spiro atoms. The SMILES string of the molecule is CC(C)(CCOC(C)(C)CCCl)NC(=O)COCC(=O)O. The summed E-state index contributed by atoms with van der Waals surface area (Å²) in [5.41, 5.74) is -0.743. The monoisotopic (exact) mass is 323 g/mol. The Hall–Kier alpha value is -0.850. The van der Waals surface area contributed by atoms with Crippen molar-refractivity contribution >= 4 is 23.5 Å². The number of carbonyl (C=O) groups is 2. The number of amides is 1. The summed E-state index contributed by atoms with van der Waals surface area (Å²) in [6, 6.07) is 0. The third-order valence-electron chi connectivity index (χ3n) is 2.85. The zero-order valence-electron chi connectivity index (χ0n) is 13.2. The van der Waals surface area contributed by atoms with E-state index in [0.717, 1.165) is 6.42 Å². The summed E-state index contributed by atoms with van der Waals surface area (Å²) in [6.07, 6.45) is 1.38. The minimum Gasteiger partial charge on any atom is -0.480 e. The molecule has 21 heavy (non-hydrogen) atoms. The topological polar surface area (TPSA) is 84.9 Å². The van der Waals surface area contributed by atoms with Gasteiger partial charge in [0.15, 0.2) is 0 Å². The lowest BCUT2D eigenvalue weighted by atomic mass is 10.0. The van der Waals surface area contributed by atoms with Crippen LogP contribution in [0.5, 0.6) is 0 Å². The first-order valence-electron chi connectivity index (χ1n) is 6.88. The average molecular weight is 324 g/mol. The number of ether oxygens (including phenoxy) is 2. The van der Waals surface area contributed by atoms with E-state index in [0.29, 0.717) is 18.9 Å². The van der Waals surface area contributed by atoms with Gasteiger partial charge in [-0.05, 0) is 40.5 Å². The Labute approximate surface area is 131 Å². The van der Waals surface area contributed by atoms with Crippen molar-refractivity contribution in [2.75, 3.05) is 25.7 Å². The van der Waals surface area contributed by atoms with Crippen molar-refractivity contribution in [2.45, 2.75) is 51.7 Å². The van der Waals surface area contributed by atoms with Crippen LogP contribution >= 0.6 is 11.6 Å². The molecule has 0 aliphatic heterocycles. The zero-order chi connectivity index (χ0) is 16.5. The molecule has 2 N–H and O–H groups in total. The Bertz CT molecular complexity index is 344. The molecular weight excluding hydrogens is 298 g/mol. The Balaban J connectivity index is 4.02. The number of carbonyl (C=O) groups excluding carboxylic acids is 1. The second-order valence-electron chi connectivity index (χ2n) is 6.12. The van der Waals surface area contributed by atoms with Gasteiger partial charge in [0.1, 0.15) is 13.2 Å². The highest BCUT2D eigenvalue weighted by molar-refractivity contribution is 6.17. The van der Waals surface area contributed by atoms with Gasteiger partial charge in [-0.1, -0.05) is 0 Å². The van der Waals surface area contributed by atoms with Gasteiger partial charge in [0.2, 0.25) is 5.91 Å². The van der Waals surface area contributed by atoms with Crippen LogP contribution < -0.4 is 5.32 Å². The highest BCUT2D eigenvalue weighted by atomic mass is 35.5. The first-order chi connectivity index (χ1) is 9.58. The van der Waals surface area contributed by atoms with Crippen LogP contribution in [0, 0.1) is 0 Å². The summed E-state index contributed by atoms with van der Waals surface area (Å²) >= 11 is 5.70. The van der Waals surface area contributed by atoms with Crippen LogP contribution in [0.3, 0.4) is 0 Å². The van der Waals surface area contributed by atoms with E-state index in [4.69, 9.17) is 26.2 Å². The van der Waals surface area contributed by atoms with Gasteiger partial charge < -0.3 is 19.9 Å². The van der Waals surface area contributed by atoms with E-state index in [-0.39, 0.29) is 18.1 Å². The van der Waals surface area contributed by atoms with Gasteiger partial charge in [-0.15, -0.1) is 11.6 Å². The van der Waals surface area contributed by atoms with E-state index in [1.54, 1.807) is 0 Å². The number of nitrogens with one attached hydrogen (secondary N) is 1. The summed E-state index contributed by atoms with van der Waals surface area (Å²) in [6.45, 7) is 7.44. The first-order valence-corrected chi connectivity index (χ1v) is 7.42. The van der Waals surface area contributed by atoms with Crippen LogP contribution in [0.1, 0.15) is 40.5 Å². The summed E-state index contributed by atoms with van der Waals surface area (Å²) in [5, 5.41) is 11.2. The van der Waals surface area contributed by atoms with Gasteiger partial charge in [-0.3, -0.25) is 4.79 Å². The minimum atomic E-state index is -1.10. The standard InChI is InChI=1S/C14H26ClNO5/c1-13(2,6-8-21-14(3,4)5-7-15)16-11(17)9-20-10-12(18)19/h5-10H2,1-4H3,(H,16,17)(H,18,19). The van der Waals surface area contributed by atoms with Crippen LogP contribution in [-0.4, -0.2) is 53.8 Å². The normalized spacial score (nSPS) is 12.2. The van der Waals surface area contributed by atoms with E-state index in [9.17, 15) is 9.59 Å². The third kappa shape index (κ3) is 11.5. The fraction of sp³-hybridized carbons (Fsp3) is 0.857. The lowest BCUT2D eigenvalue weighted by Gasteiger charge is -2.30. The van der Waals surface area contributed by atoms with Crippen molar-refractivity contribution in [3.8, 4) is 0 Å². The molecule has 1 amide bonds. The van der Waals surface area contributed by atoms with Crippen molar-refractivity contribution in [3.05, 3.63) is 0 Å². The maximum atomic E-state index is 11.6. The van der Waals surface area contributed by atoms with Crippen LogP contribution in [0.25, 0.3) is 0 Å². The van der Waals surface area contributed by atoms with Crippen molar-refractivity contribution in [2.24, 2.45) is 0 Å². The zero-order valence-corrected chi connectivity index (χ0v) is 14.0. The Kier molecular flexibility index (Phi) is 8.85. The number of carboxylic acid groups (broad SMARTS) is 1. The molecule has 0 radical (unpaired) electrons. The van der Waals surface area contributed by atoms with E-state index in [1.165, 1.54) is 0 Å². The molecule has 6 nitrogen and oxygen atoms in total. The molecule has 0 fully saturated rings. The van der Waals surface area contributed by atoms with Crippen molar-refractivity contribution in [1.82, 2.24) is 5.32 Å². The molecule has 0 aliphatic carbocycles. The molecule has 0 bridgehead atoms. The van der Waals surface area contributed by atoms with Gasteiger partial charge >= 0.3 is 5.97 Å². The largest absolute Gasteiger partial charge is 0.480 e. The van der Waals surface area contributed by atoms with E-state index < -0.39 is 18.1 Å². The molecule has 0 aromatic carbocycles. The van der Waals surface area contributed by atoms with Crippen molar-refractivity contribution < 1.29 is 24.2 Å². The van der Waals surface area contributed by atoms with Crippen molar-refractivity contribution in [3.63, 3.8) is 0 Å². The molecular formula is C14H26ClNO5. The number of rotatable bonds is 11. The second-order valence-corrected chi connectivity index (χ2v) is 6.49. The fourth-order valence-electron chi connectivity index (χ4n) is 1.59. The van der Waals surface area contributed by atoms with E-state index >= 15 is 0 Å². The highest BCUT2D eigenvalue weighted by Crippen LogP contribution is 2.17. The van der Waals surface area contributed by atoms with Gasteiger partial charge in [-0.25, -0.2) is 4.79 Å². The summed E-state index contributed by atoms with van der Waals surface area (Å²) in [4.78, 5) is 21.9. The van der Waals surface area contributed by atoms with Gasteiger partial charge in [0, 0.05) is 18.0 Å². The predicted octanol–water partition coefficient (Wildman–Crippen LogP) is 1.80. The summed E-state index contributed by atoms with van der Waals surface area (Å²) in [5.74, 6) is -0.910. The van der Waals surface area contributed by atoms with Crippen LogP contribution in [0.15, 0.2) is 0 Å². The molecule has 0 rings (SSSR count). The lowest BCUT2D eigenvalue weighted by molar-refractivity contribution is -0.143. The summed E-state index contributed by atoms with van der Waals surface area (Å²) in [7, 11) is 0. The Morgan fingerprint density at radius 1 is 1.14 bits per heavy atom. The number of halogens is 1. The molecule has 0 saturated carbocycles. The molecule has 0 unspecified atom stereocenters. The maximum Gasteiger partial charge on any atom is 0.329 e. The molecule has 124 valence electrons. The second kappa shape index (κ2) is 9.23. The Morgan fingerprint density at radius 2 is 1.76 bits per heavy atom. The van der Waals surface area contributed by atoms with Gasteiger partial charge in [-0.2, -0.15) is 0 Å². The molecule has 0 aromatic heterocycles. The number of carboxylic acids is 1. The minimum absolute atomic E-state index is 0.270. The van der Waals surface area contributed by atoms with Crippen LogP contribution in [0.4, 0.5) is 0 Å². The van der Waals surface area contributed by atoms with Crippen LogP contribution in [0.2, 0.25) is 0 Å². The molecule has 0 atom stereocenters. The van der Waals surface area contributed by atoms with E-state index in [1.807, 2.05) is 27.7 Å². The molecule has 0 aliphatic rings. The number of alkyl halides is 1. The number of hydrogen-bond acceptors (Lipinski definition) is 4. The fourth-order valence-corrected chi connectivity index (χ4v) is 2.04. The van der Waals surface area contributed by atoms with Crippen molar-refractivity contribution in [1.29, 1.82) is 0 Å². The maximum absolute atomic E-state index is 11.6. The number of hydrogen-bond donors (Lipinski definition) is 2. The predicted molar refractivity (Wildman–Crippen MR) is 80.7 cm³/mol. The van der Waals surface area contributed by atoms with Gasteiger partial charge in [0.25, 0.3) is 0 Å². The Morgan fingerprint density at radius 3 is 2.29 bits per heavy atom. The molecule has 0 aromatic rings. The lowest BCUT2D eigenvalue weighted by Crippen LogP contribution is -2.46. The molecule has 0 heterocycles. The first kappa shape index (κ1) is 20.1. The average Bonchev–Trinajstić information content (AvgIpc) is 2.26. The van der Waals surface area contributed by atoms with Gasteiger partial charge in [0.05, 0.1) is 5.60 Å². The third-order valence-corrected chi connectivity index (χ3v) is 3.04. The number of aliphatic carboxylic acids is 1. The highest BCUT2D eigenvalue weighted by Gasteiger charge is 2.23. The summed E-state index contributed by atoms with van der Waals surface area (Å²) < 4.78 is 10.5. The molecule has 0 saturated heterocycles. The molecule has 7 heteroatoms. The van der Waals surface area contributed by atoms with Crippen LogP contribution in [-0.2, 0) is 19.1 Å². The van der Waals surface area contributed by atoms with E-state index in [2.05, 4.69) is 5.32 Å². The quantitative estimate of drug-likeness (QED) is 0.566.